The number of nitrogens with zero attached hydrogens (tertiary/aromatic N) is 1. The van der Waals surface area contributed by atoms with Crippen molar-refractivity contribution in [3.63, 3.8) is 0 Å². The van der Waals surface area contributed by atoms with E-state index in [4.69, 9.17) is 0 Å². The van der Waals surface area contributed by atoms with Gasteiger partial charge in [0.25, 0.3) is 0 Å². The minimum absolute atomic E-state index is 0.447. The first kappa shape index (κ1) is 10.6. The fraction of sp³-hybridized carbons (Fsp3) is 0.615. The molecule has 1 N–H and O–H groups in total. The second-order valence-electron chi connectivity index (χ2n) is 4.78. The van der Waals surface area contributed by atoms with Crippen molar-refractivity contribution in [1.82, 2.24) is 10.3 Å². The fourth-order valence-electron chi connectivity index (χ4n) is 2.46. The van der Waals surface area contributed by atoms with Crippen LogP contribution in [0.2, 0.25) is 0 Å². The molecule has 1 aromatic rings. The van der Waals surface area contributed by atoms with E-state index < -0.39 is 0 Å². The number of hydrogen-bond donors (Lipinski definition) is 1. The molecule has 2 heteroatoms. The van der Waals surface area contributed by atoms with Gasteiger partial charge in [-0.15, -0.1) is 0 Å². The Morgan fingerprint density at radius 2 is 2.07 bits per heavy atom. The van der Waals surface area contributed by atoms with E-state index in [9.17, 15) is 0 Å². The van der Waals surface area contributed by atoms with Crippen molar-refractivity contribution in [1.29, 1.82) is 0 Å². The molecule has 0 aliphatic heterocycles. The van der Waals surface area contributed by atoms with E-state index in [1.807, 2.05) is 12.4 Å². The van der Waals surface area contributed by atoms with Crippen LogP contribution in [0.1, 0.15) is 44.7 Å². The zero-order valence-corrected chi connectivity index (χ0v) is 9.61. The van der Waals surface area contributed by atoms with E-state index in [1.54, 1.807) is 0 Å². The van der Waals surface area contributed by atoms with Crippen molar-refractivity contribution in [2.24, 2.45) is 5.92 Å². The lowest BCUT2D eigenvalue weighted by molar-refractivity contribution is 0.449. The maximum Gasteiger partial charge on any atom is 0.0295 e. The normalized spacial score (nSPS) is 27.9. The minimum atomic E-state index is 0.447. The Morgan fingerprint density at radius 3 is 2.67 bits per heavy atom. The SMILES string of the molecule is C[C@@H]1CC[C@H](N[C@H](C)c2ccncc2)C1. The molecule has 1 aliphatic rings. The maximum absolute atomic E-state index is 4.04. The summed E-state index contributed by atoms with van der Waals surface area (Å²) in [7, 11) is 0. The molecule has 82 valence electrons. The summed E-state index contributed by atoms with van der Waals surface area (Å²) in [5, 5.41) is 3.70. The third-order valence-corrected chi connectivity index (χ3v) is 3.39. The van der Waals surface area contributed by atoms with E-state index in [0.717, 1.165) is 5.92 Å². The summed E-state index contributed by atoms with van der Waals surface area (Å²) in [6, 6.07) is 5.35. The molecule has 15 heavy (non-hydrogen) atoms. The zero-order chi connectivity index (χ0) is 10.7. The molecule has 1 fully saturated rings. The molecule has 2 nitrogen and oxygen atoms in total. The highest BCUT2D eigenvalue weighted by molar-refractivity contribution is 5.14. The summed E-state index contributed by atoms with van der Waals surface area (Å²) >= 11 is 0. The van der Waals surface area contributed by atoms with E-state index in [2.05, 4.69) is 36.3 Å². The van der Waals surface area contributed by atoms with Crippen molar-refractivity contribution in [3.8, 4) is 0 Å². The molecule has 0 unspecified atom stereocenters. The Morgan fingerprint density at radius 1 is 1.33 bits per heavy atom. The van der Waals surface area contributed by atoms with Crippen LogP contribution in [-0.4, -0.2) is 11.0 Å². The molecular formula is C13H20N2. The minimum Gasteiger partial charge on any atom is -0.307 e. The van der Waals surface area contributed by atoms with Crippen molar-refractivity contribution >= 4 is 0 Å². The van der Waals surface area contributed by atoms with Gasteiger partial charge in [-0.05, 0) is 49.8 Å². The predicted octanol–water partition coefficient (Wildman–Crippen LogP) is 2.92. The Kier molecular flexibility index (Phi) is 3.37. The second kappa shape index (κ2) is 4.75. The van der Waals surface area contributed by atoms with Gasteiger partial charge in [-0.1, -0.05) is 6.92 Å². The first-order valence-corrected chi connectivity index (χ1v) is 5.91. The number of nitrogens with one attached hydrogen (secondary N) is 1. The van der Waals surface area contributed by atoms with Crippen LogP contribution in [0, 0.1) is 5.92 Å². The summed E-state index contributed by atoms with van der Waals surface area (Å²) in [5.74, 6) is 0.896. The smallest absolute Gasteiger partial charge is 0.0295 e. The Labute approximate surface area is 92.1 Å². The van der Waals surface area contributed by atoms with Gasteiger partial charge in [-0.25, -0.2) is 0 Å². The summed E-state index contributed by atoms with van der Waals surface area (Å²) in [4.78, 5) is 4.04. The van der Waals surface area contributed by atoms with Gasteiger partial charge < -0.3 is 5.32 Å². The van der Waals surface area contributed by atoms with Gasteiger partial charge >= 0.3 is 0 Å². The second-order valence-corrected chi connectivity index (χ2v) is 4.78. The van der Waals surface area contributed by atoms with Crippen LogP contribution in [0.3, 0.4) is 0 Å². The molecule has 2 rings (SSSR count). The molecule has 3 atom stereocenters. The number of aromatic nitrogens is 1. The summed E-state index contributed by atoms with van der Waals surface area (Å²) in [6.07, 6.45) is 7.77. The molecule has 0 amide bonds. The molecule has 1 aliphatic carbocycles. The van der Waals surface area contributed by atoms with Crippen LogP contribution in [0.5, 0.6) is 0 Å². The van der Waals surface area contributed by atoms with E-state index in [-0.39, 0.29) is 0 Å². The van der Waals surface area contributed by atoms with Crippen LogP contribution in [0.15, 0.2) is 24.5 Å². The van der Waals surface area contributed by atoms with Gasteiger partial charge in [0.15, 0.2) is 0 Å². The lowest BCUT2D eigenvalue weighted by Crippen LogP contribution is -2.29. The number of hydrogen-bond acceptors (Lipinski definition) is 2. The lowest BCUT2D eigenvalue weighted by atomic mass is 10.1. The van der Waals surface area contributed by atoms with Crippen molar-refractivity contribution in [2.75, 3.05) is 0 Å². The standard InChI is InChI=1S/C13H20N2/c1-10-3-4-13(9-10)15-11(2)12-5-7-14-8-6-12/h5-8,10-11,13,15H,3-4,9H2,1-2H3/t10-,11-,13+/m1/s1. The number of rotatable bonds is 3. The molecule has 0 saturated heterocycles. The highest BCUT2D eigenvalue weighted by atomic mass is 14.9. The summed E-state index contributed by atoms with van der Waals surface area (Å²) < 4.78 is 0. The molecule has 0 bridgehead atoms. The van der Waals surface area contributed by atoms with Crippen LogP contribution < -0.4 is 5.32 Å². The first-order chi connectivity index (χ1) is 7.25. The maximum atomic E-state index is 4.04. The number of pyridine rings is 1. The van der Waals surface area contributed by atoms with Gasteiger partial charge in [-0.3, -0.25) is 4.98 Å². The predicted molar refractivity (Wildman–Crippen MR) is 62.6 cm³/mol. The quantitative estimate of drug-likeness (QED) is 0.819. The van der Waals surface area contributed by atoms with Crippen molar-refractivity contribution in [2.45, 2.75) is 45.2 Å². The van der Waals surface area contributed by atoms with Crippen LogP contribution in [0.4, 0.5) is 0 Å². The molecule has 0 spiro atoms. The highest BCUT2D eigenvalue weighted by Gasteiger charge is 2.22. The van der Waals surface area contributed by atoms with E-state index >= 15 is 0 Å². The fourth-order valence-corrected chi connectivity index (χ4v) is 2.46. The third-order valence-electron chi connectivity index (χ3n) is 3.39. The van der Waals surface area contributed by atoms with Gasteiger partial charge in [0.05, 0.1) is 0 Å². The Bertz CT molecular complexity index is 297. The molecular weight excluding hydrogens is 184 g/mol. The Hall–Kier alpha value is -0.890. The largest absolute Gasteiger partial charge is 0.307 e. The van der Waals surface area contributed by atoms with E-state index in [1.165, 1.54) is 24.8 Å². The van der Waals surface area contributed by atoms with Crippen molar-refractivity contribution in [3.05, 3.63) is 30.1 Å². The molecule has 1 heterocycles. The third kappa shape index (κ3) is 2.78. The van der Waals surface area contributed by atoms with Crippen LogP contribution >= 0.6 is 0 Å². The molecule has 0 radical (unpaired) electrons. The average molecular weight is 204 g/mol. The molecule has 1 aromatic heterocycles. The summed E-state index contributed by atoms with van der Waals surface area (Å²) in [6.45, 7) is 4.58. The first-order valence-electron chi connectivity index (χ1n) is 5.91. The topological polar surface area (TPSA) is 24.9 Å². The van der Waals surface area contributed by atoms with Gasteiger partial charge in [0.2, 0.25) is 0 Å². The monoisotopic (exact) mass is 204 g/mol. The molecule has 0 aromatic carbocycles. The van der Waals surface area contributed by atoms with Gasteiger partial charge in [0.1, 0.15) is 0 Å². The molecule has 1 saturated carbocycles. The average Bonchev–Trinajstić information content (AvgIpc) is 2.65. The Balaban J connectivity index is 1.90. The lowest BCUT2D eigenvalue weighted by Gasteiger charge is -2.19. The summed E-state index contributed by atoms with van der Waals surface area (Å²) in [5.41, 5.74) is 1.34. The zero-order valence-electron chi connectivity index (χ0n) is 9.61. The van der Waals surface area contributed by atoms with Crippen LogP contribution in [-0.2, 0) is 0 Å². The van der Waals surface area contributed by atoms with Gasteiger partial charge in [-0.2, -0.15) is 0 Å². The van der Waals surface area contributed by atoms with Gasteiger partial charge in [0, 0.05) is 24.5 Å². The highest BCUT2D eigenvalue weighted by Crippen LogP contribution is 2.26. The van der Waals surface area contributed by atoms with Crippen LogP contribution in [0.25, 0.3) is 0 Å². The van der Waals surface area contributed by atoms with Crippen molar-refractivity contribution < 1.29 is 0 Å². The van der Waals surface area contributed by atoms with E-state index in [0.29, 0.717) is 12.1 Å².